The number of rotatable bonds is 2. The lowest BCUT2D eigenvalue weighted by atomic mass is 10.2. The predicted molar refractivity (Wildman–Crippen MR) is 65.2 cm³/mol. The molecule has 4 nitrogen and oxygen atoms in total. The fourth-order valence-corrected chi connectivity index (χ4v) is 2.36. The molecule has 2 rings (SSSR count). The highest BCUT2D eigenvalue weighted by atomic mass is 32.1. The van der Waals surface area contributed by atoms with Crippen LogP contribution in [0.3, 0.4) is 0 Å². The van der Waals surface area contributed by atoms with Crippen LogP contribution in [-0.2, 0) is 0 Å². The van der Waals surface area contributed by atoms with Gasteiger partial charge >= 0.3 is 0 Å². The molecule has 0 unspecified atom stereocenters. The van der Waals surface area contributed by atoms with Crippen LogP contribution in [0.25, 0.3) is 10.1 Å². The molecule has 0 spiro atoms. The molecule has 0 atom stereocenters. The molecule has 0 saturated heterocycles. The molecule has 0 aliphatic heterocycles. The van der Waals surface area contributed by atoms with Crippen LogP contribution in [0.2, 0.25) is 0 Å². The van der Waals surface area contributed by atoms with Crippen molar-refractivity contribution in [2.24, 2.45) is 0 Å². The first-order valence-corrected chi connectivity index (χ1v) is 5.39. The van der Waals surface area contributed by atoms with E-state index in [1.165, 1.54) is 11.3 Å². The average molecular weight is 231 g/mol. The number of nitrogen functional groups attached to an aromatic ring is 1. The van der Waals surface area contributed by atoms with Crippen LogP contribution in [-0.4, -0.2) is 17.4 Å². The highest BCUT2D eigenvalue weighted by molar-refractivity contribution is 7.21. The maximum Gasteiger partial charge on any atom is 0.264 e. The summed E-state index contributed by atoms with van der Waals surface area (Å²) in [6, 6.07) is 1.79. The number of hydrogen-bond donors (Lipinski definition) is 2. The zero-order valence-electron chi connectivity index (χ0n) is 8.36. The van der Waals surface area contributed by atoms with Crippen molar-refractivity contribution in [1.82, 2.24) is 10.3 Å². The van der Waals surface area contributed by atoms with Crippen LogP contribution < -0.4 is 11.1 Å². The van der Waals surface area contributed by atoms with Crippen LogP contribution in [0.4, 0.5) is 5.69 Å². The Bertz CT molecular complexity index is 582. The summed E-state index contributed by atoms with van der Waals surface area (Å²) < 4.78 is 0.894. The first kappa shape index (κ1) is 10.5. The third-order valence-corrected chi connectivity index (χ3v) is 3.24. The van der Waals surface area contributed by atoms with E-state index in [-0.39, 0.29) is 12.5 Å². The number of carbonyl (C=O) groups excluding carboxylic acids is 1. The van der Waals surface area contributed by atoms with E-state index in [4.69, 9.17) is 12.2 Å². The number of nitrogens with zero attached hydrogens (tertiary/aromatic N) is 1. The second kappa shape index (κ2) is 4.21. The summed E-state index contributed by atoms with van der Waals surface area (Å²) in [5, 5.41) is 3.44. The van der Waals surface area contributed by atoms with E-state index in [2.05, 4.69) is 16.2 Å². The van der Waals surface area contributed by atoms with E-state index in [1.54, 1.807) is 18.5 Å². The monoisotopic (exact) mass is 231 g/mol. The third-order valence-electron chi connectivity index (χ3n) is 2.09. The number of hydrogen-bond acceptors (Lipinski definition) is 4. The van der Waals surface area contributed by atoms with Gasteiger partial charge in [-0.1, -0.05) is 5.92 Å². The molecule has 80 valence electrons. The zero-order valence-corrected chi connectivity index (χ0v) is 9.17. The topological polar surface area (TPSA) is 68.0 Å². The van der Waals surface area contributed by atoms with Crippen LogP contribution in [0.15, 0.2) is 18.5 Å². The van der Waals surface area contributed by atoms with E-state index in [0.29, 0.717) is 10.6 Å². The maximum atomic E-state index is 11.7. The molecule has 0 aliphatic rings. The van der Waals surface area contributed by atoms with E-state index in [0.717, 1.165) is 10.1 Å². The third kappa shape index (κ3) is 1.71. The molecule has 0 bridgehead atoms. The highest BCUT2D eigenvalue weighted by Crippen LogP contribution is 2.32. The van der Waals surface area contributed by atoms with Gasteiger partial charge < -0.3 is 11.1 Å². The molecule has 1 amide bonds. The van der Waals surface area contributed by atoms with Crippen molar-refractivity contribution in [1.29, 1.82) is 0 Å². The number of anilines is 1. The van der Waals surface area contributed by atoms with Crippen molar-refractivity contribution in [2.75, 3.05) is 12.3 Å². The van der Waals surface area contributed by atoms with Gasteiger partial charge in [-0.2, -0.15) is 0 Å². The van der Waals surface area contributed by atoms with Gasteiger partial charge in [0.1, 0.15) is 4.88 Å². The largest absolute Gasteiger partial charge is 0.397 e. The normalized spacial score (nSPS) is 9.94. The number of pyridine rings is 1. The second-order valence-corrected chi connectivity index (χ2v) is 4.16. The highest BCUT2D eigenvalue weighted by Gasteiger charge is 2.15. The minimum atomic E-state index is -0.239. The molecule has 2 heterocycles. The van der Waals surface area contributed by atoms with Crippen molar-refractivity contribution in [3.63, 3.8) is 0 Å². The maximum absolute atomic E-state index is 11.7. The first-order chi connectivity index (χ1) is 7.74. The number of carbonyl (C=O) groups is 1. The van der Waals surface area contributed by atoms with Gasteiger partial charge in [-0.15, -0.1) is 17.8 Å². The SMILES string of the molecule is C#CCNC(=O)c1sc2cnccc2c1N. The van der Waals surface area contributed by atoms with Gasteiger partial charge in [0.2, 0.25) is 0 Å². The van der Waals surface area contributed by atoms with Crippen molar-refractivity contribution in [3.05, 3.63) is 23.3 Å². The van der Waals surface area contributed by atoms with Gasteiger partial charge in [-0.05, 0) is 6.07 Å². The van der Waals surface area contributed by atoms with Crippen LogP contribution in [0.1, 0.15) is 9.67 Å². The molecule has 0 radical (unpaired) electrons. The fourth-order valence-electron chi connectivity index (χ4n) is 1.35. The van der Waals surface area contributed by atoms with Gasteiger partial charge in [0.15, 0.2) is 0 Å². The summed E-state index contributed by atoms with van der Waals surface area (Å²) in [5.41, 5.74) is 6.37. The number of aromatic nitrogens is 1. The van der Waals surface area contributed by atoms with Crippen molar-refractivity contribution in [3.8, 4) is 12.3 Å². The molecule has 2 aromatic rings. The minimum Gasteiger partial charge on any atom is -0.397 e. The number of fused-ring (bicyclic) bond motifs is 1. The van der Waals surface area contributed by atoms with E-state index >= 15 is 0 Å². The number of nitrogens with two attached hydrogens (primary N) is 1. The summed E-state index contributed by atoms with van der Waals surface area (Å²) in [6.45, 7) is 0.199. The molecule has 0 saturated carbocycles. The quantitative estimate of drug-likeness (QED) is 0.764. The molecule has 5 heteroatoms. The van der Waals surface area contributed by atoms with Gasteiger partial charge in [0.25, 0.3) is 5.91 Å². The molecular weight excluding hydrogens is 222 g/mol. The summed E-state index contributed by atoms with van der Waals surface area (Å²) in [7, 11) is 0. The second-order valence-electron chi connectivity index (χ2n) is 3.10. The van der Waals surface area contributed by atoms with Gasteiger partial charge in [0, 0.05) is 17.8 Å². The molecule has 0 aliphatic carbocycles. The Morgan fingerprint density at radius 3 is 3.19 bits per heavy atom. The number of thiophene rings is 1. The molecule has 0 aromatic carbocycles. The smallest absolute Gasteiger partial charge is 0.264 e. The average Bonchev–Trinajstić information content (AvgIpc) is 2.64. The molecule has 0 fully saturated rings. The van der Waals surface area contributed by atoms with Gasteiger partial charge in [-0.25, -0.2) is 0 Å². The Balaban J connectivity index is 2.42. The lowest BCUT2D eigenvalue weighted by molar-refractivity contribution is 0.0963. The standard InChI is InChI=1S/C11H9N3OS/c1-2-4-14-11(15)10-9(12)7-3-5-13-6-8(7)16-10/h1,3,5-6H,4,12H2,(H,14,15). The van der Waals surface area contributed by atoms with E-state index < -0.39 is 0 Å². The Morgan fingerprint density at radius 1 is 1.69 bits per heavy atom. The Morgan fingerprint density at radius 2 is 2.50 bits per heavy atom. The predicted octanol–water partition coefficient (Wildman–Crippen LogP) is 1.24. The minimum absolute atomic E-state index is 0.199. The van der Waals surface area contributed by atoms with Crippen molar-refractivity contribution >= 4 is 33.0 Å². The molecule has 16 heavy (non-hydrogen) atoms. The fraction of sp³-hybridized carbons (Fsp3) is 0.0909. The first-order valence-electron chi connectivity index (χ1n) is 4.57. The Hall–Kier alpha value is -2.06. The molecule has 3 N–H and O–H groups in total. The Labute approximate surface area is 96.5 Å². The van der Waals surface area contributed by atoms with E-state index in [9.17, 15) is 4.79 Å². The lowest BCUT2D eigenvalue weighted by Crippen LogP contribution is -2.23. The number of amides is 1. The molecular formula is C11H9N3OS. The summed E-state index contributed by atoms with van der Waals surface area (Å²) >= 11 is 1.31. The van der Waals surface area contributed by atoms with Gasteiger partial charge in [-0.3, -0.25) is 9.78 Å². The summed E-state index contributed by atoms with van der Waals surface area (Å²) in [5.74, 6) is 2.10. The van der Waals surface area contributed by atoms with E-state index in [1.807, 2.05) is 0 Å². The zero-order chi connectivity index (χ0) is 11.5. The van der Waals surface area contributed by atoms with Gasteiger partial charge in [0.05, 0.1) is 16.9 Å². The van der Waals surface area contributed by atoms with Crippen LogP contribution >= 0.6 is 11.3 Å². The number of nitrogens with one attached hydrogen (secondary N) is 1. The summed E-state index contributed by atoms with van der Waals surface area (Å²) in [6.07, 6.45) is 8.40. The number of terminal acetylenes is 1. The lowest BCUT2D eigenvalue weighted by Gasteiger charge is -1.99. The summed E-state index contributed by atoms with van der Waals surface area (Å²) in [4.78, 5) is 16.2. The van der Waals surface area contributed by atoms with Crippen LogP contribution in [0, 0.1) is 12.3 Å². The van der Waals surface area contributed by atoms with Crippen molar-refractivity contribution in [2.45, 2.75) is 0 Å². The van der Waals surface area contributed by atoms with Crippen LogP contribution in [0.5, 0.6) is 0 Å². The Kier molecular flexibility index (Phi) is 2.75. The molecule has 2 aromatic heterocycles. The van der Waals surface area contributed by atoms with Crippen molar-refractivity contribution < 1.29 is 4.79 Å².